The number of para-hydroxylation sites is 1. The highest BCUT2D eigenvalue weighted by Crippen LogP contribution is 2.32. The average Bonchev–Trinajstić information content (AvgIpc) is 2.31. The first kappa shape index (κ1) is 12.8. The zero-order chi connectivity index (χ0) is 13.1. The van der Waals surface area contributed by atoms with E-state index in [-0.39, 0.29) is 5.75 Å². The van der Waals surface area contributed by atoms with Gasteiger partial charge in [0.15, 0.2) is 11.6 Å². The van der Waals surface area contributed by atoms with Crippen molar-refractivity contribution in [2.45, 2.75) is 13.0 Å². The smallest absolute Gasteiger partial charge is 0.168 e. The van der Waals surface area contributed by atoms with Crippen LogP contribution in [0.25, 0.3) is 0 Å². The van der Waals surface area contributed by atoms with Crippen LogP contribution in [0.5, 0.6) is 11.5 Å². The highest BCUT2D eigenvalue weighted by Gasteiger charge is 2.14. The molecule has 2 aromatic rings. The Labute approximate surface area is 109 Å². The fraction of sp³-hybridized carbons (Fsp3) is 0.154. The Morgan fingerprint density at radius 3 is 2.83 bits per heavy atom. The second-order valence-electron chi connectivity index (χ2n) is 3.78. The van der Waals surface area contributed by atoms with Gasteiger partial charge >= 0.3 is 0 Å². The van der Waals surface area contributed by atoms with Gasteiger partial charge in [-0.05, 0) is 13.0 Å². The molecule has 1 unspecified atom stereocenters. The van der Waals surface area contributed by atoms with Gasteiger partial charge in [-0.15, -0.1) is 0 Å². The molecule has 1 heterocycles. The number of benzene rings is 1. The third kappa shape index (κ3) is 2.78. The second-order valence-corrected chi connectivity index (χ2v) is 4.21. The predicted octanol–water partition coefficient (Wildman–Crippen LogP) is 3.72. The molecule has 2 rings (SSSR count). The van der Waals surface area contributed by atoms with Crippen molar-refractivity contribution < 1.29 is 14.2 Å². The largest absolute Gasteiger partial charge is 0.452 e. The molecule has 0 fully saturated rings. The van der Waals surface area contributed by atoms with E-state index < -0.39 is 11.9 Å². The minimum absolute atomic E-state index is 0.0171. The molecule has 0 spiro atoms. The van der Waals surface area contributed by atoms with Gasteiger partial charge in [-0.1, -0.05) is 23.7 Å². The zero-order valence-electron chi connectivity index (χ0n) is 9.60. The van der Waals surface area contributed by atoms with E-state index in [1.807, 2.05) is 0 Å². The Hall–Kier alpha value is -1.65. The predicted molar refractivity (Wildman–Crippen MR) is 66.4 cm³/mol. The summed E-state index contributed by atoms with van der Waals surface area (Å²) < 4.78 is 19.1. The van der Waals surface area contributed by atoms with Gasteiger partial charge in [-0.2, -0.15) is 0 Å². The monoisotopic (exact) mass is 267 g/mol. The number of aliphatic hydroxyl groups excluding tert-OH is 1. The molecule has 0 saturated carbocycles. The molecular formula is C13H11ClFNO2. The molecule has 0 aliphatic rings. The summed E-state index contributed by atoms with van der Waals surface area (Å²) in [6.07, 6.45) is 2.04. The summed E-state index contributed by atoms with van der Waals surface area (Å²) in [5, 5.41) is 9.96. The van der Waals surface area contributed by atoms with E-state index in [2.05, 4.69) is 4.98 Å². The van der Waals surface area contributed by atoms with Crippen LogP contribution in [-0.2, 0) is 0 Å². The molecular weight excluding hydrogens is 257 g/mol. The Morgan fingerprint density at radius 1 is 1.39 bits per heavy atom. The molecule has 0 bridgehead atoms. The number of halogens is 2. The minimum Gasteiger partial charge on any atom is -0.452 e. The van der Waals surface area contributed by atoms with Gasteiger partial charge < -0.3 is 9.84 Å². The molecule has 94 valence electrons. The van der Waals surface area contributed by atoms with Crippen molar-refractivity contribution >= 4 is 11.6 Å². The molecule has 0 amide bonds. The lowest BCUT2D eigenvalue weighted by Gasteiger charge is -2.13. The van der Waals surface area contributed by atoms with Crippen molar-refractivity contribution in [3.8, 4) is 11.5 Å². The van der Waals surface area contributed by atoms with Gasteiger partial charge in [0.25, 0.3) is 0 Å². The summed E-state index contributed by atoms with van der Waals surface area (Å²) in [6, 6.07) is 5.90. The number of aromatic nitrogens is 1. The Kier molecular flexibility index (Phi) is 3.79. The summed E-state index contributed by atoms with van der Waals surface area (Å²) in [6.45, 7) is 1.54. The maximum absolute atomic E-state index is 13.7. The van der Waals surface area contributed by atoms with E-state index >= 15 is 0 Å². The number of hydrogen-bond donors (Lipinski definition) is 1. The molecule has 18 heavy (non-hydrogen) atoms. The van der Waals surface area contributed by atoms with E-state index in [4.69, 9.17) is 16.3 Å². The van der Waals surface area contributed by atoms with Crippen LogP contribution in [0.15, 0.2) is 36.7 Å². The fourth-order valence-corrected chi connectivity index (χ4v) is 1.69. The first-order valence-electron chi connectivity index (χ1n) is 5.33. The molecule has 3 nitrogen and oxygen atoms in total. The molecule has 1 atom stereocenters. The molecule has 5 heteroatoms. The van der Waals surface area contributed by atoms with E-state index in [9.17, 15) is 9.50 Å². The Balaban J connectivity index is 2.39. The molecule has 1 N–H and O–H groups in total. The first-order chi connectivity index (χ1) is 8.58. The van der Waals surface area contributed by atoms with E-state index in [0.717, 1.165) is 0 Å². The van der Waals surface area contributed by atoms with Crippen molar-refractivity contribution in [1.82, 2.24) is 4.98 Å². The topological polar surface area (TPSA) is 42.4 Å². The summed E-state index contributed by atoms with van der Waals surface area (Å²) in [5.74, 6) is -0.251. The molecule has 0 aliphatic carbocycles. The van der Waals surface area contributed by atoms with Crippen LogP contribution in [0, 0.1) is 5.82 Å². The second kappa shape index (κ2) is 5.33. The minimum atomic E-state index is -0.831. The standard InChI is InChI=1S/C13H11ClFNO2/c1-8(17)11-3-2-4-12(15)13(11)18-10-5-9(14)6-16-7-10/h2-8,17H,1H3. The summed E-state index contributed by atoms with van der Waals surface area (Å²) in [5.41, 5.74) is 0.370. The van der Waals surface area contributed by atoms with E-state index in [1.54, 1.807) is 6.07 Å². The summed E-state index contributed by atoms with van der Waals surface area (Å²) >= 11 is 5.77. The van der Waals surface area contributed by atoms with Gasteiger partial charge in [0, 0.05) is 17.8 Å². The zero-order valence-corrected chi connectivity index (χ0v) is 10.4. The SMILES string of the molecule is CC(O)c1cccc(F)c1Oc1cncc(Cl)c1. The van der Waals surface area contributed by atoms with E-state index in [1.165, 1.54) is 37.5 Å². The lowest BCUT2D eigenvalue weighted by Crippen LogP contribution is -1.98. The summed E-state index contributed by atoms with van der Waals surface area (Å²) in [4.78, 5) is 3.84. The molecule has 1 aromatic carbocycles. The lowest BCUT2D eigenvalue weighted by molar-refractivity contribution is 0.194. The van der Waals surface area contributed by atoms with Gasteiger partial charge in [0.05, 0.1) is 17.3 Å². The first-order valence-corrected chi connectivity index (χ1v) is 5.70. The highest BCUT2D eigenvalue weighted by molar-refractivity contribution is 6.30. The van der Waals surface area contributed by atoms with Crippen molar-refractivity contribution in [3.63, 3.8) is 0 Å². The molecule has 0 aliphatic heterocycles. The van der Waals surface area contributed by atoms with Gasteiger partial charge in [0.2, 0.25) is 0 Å². The fourth-order valence-electron chi connectivity index (χ4n) is 1.53. The van der Waals surface area contributed by atoms with E-state index in [0.29, 0.717) is 16.3 Å². The van der Waals surface area contributed by atoms with Gasteiger partial charge in [0.1, 0.15) is 5.75 Å². The van der Waals surface area contributed by atoms with Crippen molar-refractivity contribution in [1.29, 1.82) is 0 Å². The number of nitrogens with zero attached hydrogens (tertiary/aromatic N) is 1. The van der Waals surface area contributed by atoms with Crippen LogP contribution in [0.1, 0.15) is 18.6 Å². The van der Waals surface area contributed by atoms with Gasteiger partial charge in [-0.25, -0.2) is 4.39 Å². The summed E-state index contributed by atoms with van der Waals surface area (Å²) in [7, 11) is 0. The normalized spacial score (nSPS) is 12.2. The van der Waals surface area contributed by atoms with Crippen molar-refractivity contribution in [2.75, 3.05) is 0 Å². The van der Waals surface area contributed by atoms with Crippen molar-refractivity contribution in [3.05, 3.63) is 53.1 Å². The lowest BCUT2D eigenvalue weighted by atomic mass is 10.1. The van der Waals surface area contributed by atoms with Crippen LogP contribution in [-0.4, -0.2) is 10.1 Å². The van der Waals surface area contributed by atoms with Crippen molar-refractivity contribution in [2.24, 2.45) is 0 Å². The third-order valence-electron chi connectivity index (χ3n) is 2.35. The van der Waals surface area contributed by atoms with Crippen LogP contribution in [0.2, 0.25) is 5.02 Å². The molecule has 0 saturated heterocycles. The number of rotatable bonds is 3. The third-order valence-corrected chi connectivity index (χ3v) is 2.55. The van der Waals surface area contributed by atoms with Crippen LogP contribution < -0.4 is 4.74 Å². The Morgan fingerprint density at radius 2 is 2.17 bits per heavy atom. The van der Waals surface area contributed by atoms with Crippen LogP contribution in [0.4, 0.5) is 4.39 Å². The van der Waals surface area contributed by atoms with Crippen LogP contribution >= 0.6 is 11.6 Å². The number of pyridine rings is 1. The number of hydrogen-bond acceptors (Lipinski definition) is 3. The Bertz CT molecular complexity index is 560. The maximum Gasteiger partial charge on any atom is 0.168 e. The number of aliphatic hydroxyl groups is 1. The highest BCUT2D eigenvalue weighted by atomic mass is 35.5. The number of ether oxygens (including phenoxy) is 1. The van der Waals surface area contributed by atoms with Gasteiger partial charge in [-0.3, -0.25) is 4.98 Å². The molecule has 0 radical (unpaired) electrons. The average molecular weight is 268 g/mol. The van der Waals surface area contributed by atoms with Crippen LogP contribution in [0.3, 0.4) is 0 Å². The maximum atomic E-state index is 13.7. The molecule has 1 aromatic heterocycles. The quantitative estimate of drug-likeness (QED) is 0.922.